The molecule has 16 N–H and O–H groups in total. The predicted octanol–water partition coefficient (Wildman–Crippen LogP) is -4.18. The third-order valence-corrected chi connectivity index (χ3v) is 24.3. The molecular weight excluding hydrogens is 1140 g/mol. The average molecular weight is 1240 g/mol. The van der Waals surface area contributed by atoms with E-state index in [0.29, 0.717) is 45.1 Å². The third kappa shape index (κ3) is 10.1. The number of aliphatic carboxylic acids is 1. The number of carboxylic acids is 1. The zero-order valence-electron chi connectivity index (χ0n) is 49.5. The largest absolute Gasteiger partial charge is 0.481 e. The lowest BCUT2D eigenvalue weighted by molar-refractivity contribution is -0.404. The molecule has 28 heteroatoms. The van der Waals surface area contributed by atoms with Crippen molar-refractivity contribution in [1.82, 2.24) is 0 Å². The number of rotatable bonds is 14. The molecule has 5 saturated carbocycles. The first-order chi connectivity index (χ1) is 40.4. The molecule has 5 aliphatic carbocycles. The van der Waals surface area contributed by atoms with Crippen LogP contribution in [0.2, 0.25) is 0 Å². The van der Waals surface area contributed by atoms with Crippen molar-refractivity contribution in [3.05, 3.63) is 0 Å². The standard InChI is InChI=1S/C58H94O28/c1-52(2)28-7-11-55(5)29(8-12-58-30-15-53(3,51(74)75)13-14-57(30,22-78-58)31(63)16-56(55,58)6)54(28,4)10-9-32(52)83-49-44(85-48-42(73)39(70)35(66)25(18-60)80-48)37(68)27(21-77-49)82-50-45(86-46-40(71)33(64)23(62)20-76-46)43(36(67)26(19-61)81-50)84-47-41(72)38(69)34(65)24(17-59)79-47/h23-50,59-73H,7-22H2,1-6H3,(H,74,75)/t23-,24-,25-,26-,27+,28+,29-,30-,31-,32+,33+,34-,35-,36-,37+,38+,39+,40-,41-,42-,43+,44-,45-,46+,47+,48+,49+,50+,53+,54+,55-,56+,57-,58+/m1/s1. The van der Waals surface area contributed by atoms with Gasteiger partial charge in [-0.15, -0.1) is 0 Å². The second-order valence-electron chi connectivity index (χ2n) is 28.7. The second kappa shape index (κ2) is 23.8. The molecule has 11 rings (SSSR count). The molecule has 6 saturated heterocycles. The zero-order valence-corrected chi connectivity index (χ0v) is 49.5. The van der Waals surface area contributed by atoms with Gasteiger partial charge in [0.1, 0.15) is 110 Å². The highest BCUT2D eigenvalue weighted by Gasteiger charge is 2.80. The summed E-state index contributed by atoms with van der Waals surface area (Å²) in [6.45, 7) is 9.75. The quantitative estimate of drug-likeness (QED) is 0.0734. The molecule has 1 spiro atoms. The van der Waals surface area contributed by atoms with E-state index in [1.807, 2.05) is 6.92 Å². The van der Waals surface area contributed by atoms with Gasteiger partial charge in [-0.3, -0.25) is 4.79 Å². The van der Waals surface area contributed by atoms with Crippen LogP contribution in [0.3, 0.4) is 0 Å². The lowest BCUT2D eigenvalue weighted by Gasteiger charge is -2.75. The van der Waals surface area contributed by atoms with Crippen LogP contribution in [0.15, 0.2) is 0 Å². The molecule has 0 amide bonds. The Morgan fingerprint density at radius 3 is 1.66 bits per heavy atom. The van der Waals surface area contributed by atoms with Crippen molar-refractivity contribution >= 4 is 5.97 Å². The van der Waals surface area contributed by atoms with E-state index in [4.69, 9.17) is 52.1 Å². The van der Waals surface area contributed by atoms with E-state index in [9.17, 15) is 86.5 Å². The summed E-state index contributed by atoms with van der Waals surface area (Å²) < 4.78 is 68.5. The Balaban J connectivity index is 0.868. The summed E-state index contributed by atoms with van der Waals surface area (Å²) >= 11 is 0. The van der Waals surface area contributed by atoms with Crippen molar-refractivity contribution in [2.24, 2.45) is 50.2 Å². The zero-order chi connectivity index (χ0) is 62.3. The summed E-state index contributed by atoms with van der Waals surface area (Å²) in [5.74, 6) is -0.760. The SMILES string of the molecule is CC1(C)[C@@H](O[C@@H]2OC[C@H](O[C@@H]3O[C@H](CO)[C@@H](O)[C@H](O[C@@H]4O[C@H](CO)[C@@H](O)[C@H](O)[C@H]4O)[C@H]3O[C@@H]3OC[C@@H](O)[C@H](O)[C@H]3O)[C@H](O)[C@H]2O[C@@H]2O[C@H](CO)[C@@H](O)[C@H](O)[C@H]2O)CC[C@]2(C)[C@H]3CC[C@]45OC[C@@]6(CC[C@](C)(C(=O)O)C[C@H]64)[C@H](O)C[C@@]5(C)[C@]3(C)CC[C@@H]12. The molecule has 2 bridgehead atoms. The summed E-state index contributed by atoms with van der Waals surface area (Å²) in [6.07, 6.45) is -36.5. The lowest BCUT2D eigenvalue weighted by Crippen LogP contribution is -2.74. The molecule has 0 aromatic rings. The van der Waals surface area contributed by atoms with Crippen molar-refractivity contribution in [2.45, 2.75) is 265 Å². The predicted molar refractivity (Wildman–Crippen MR) is 285 cm³/mol. The highest BCUT2D eigenvalue weighted by Crippen LogP contribution is 2.80. The number of ether oxygens (including phenoxy) is 11. The Labute approximate surface area is 498 Å². The van der Waals surface area contributed by atoms with Gasteiger partial charge in [0.05, 0.1) is 62.9 Å². The van der Waals surface area contributed by atoms with Gasteiger partial charge in [-0.05, 0) is 105 Å². The van der Waals surface area contributed by atoms with Crippen molar-refractivity contribution < 1.29 is 139 Å². The summed E-state index contributed by atoms with van der Waals surface area (Å²) in [4.78, 5) is 12.8. The van der Waals surface area contributed by atoms with Gasteiger partial charge in [0, 0.05) is 10.8 Å². The summed E-state index contributed by atoms with van der Waals surface area (Å²) in [5.41, 5.74) is -3.79. The highest BCUT2D eigenvalue weighted by atomic mass is 16.8. The maximum absolute atomic E-state index is 12.8. The minimum Gasteiger partial charge on any atom is -0.481 e. The van der Waals surface area contributed by atoms with Crippen LogP contribution in [0.4, 0.5) is 0 Å². The van der Waals surface area contributed by atoms with E-state index in [1.54, 1.807) is 0 Å². The van der Waals surface area contributed by atoms with E-state index < -0.39 is 220 Å². The first-order valence-electron chi connectivity index (χ1n) is 30.8. The van der Waals surface area contributed by atoms with Gasteiger partial charge >= 0.3 is 5.97 Å². The second-order valence-corrected chi connectivity index (χ2v) is 28.7. The van der Waals surface area contributed by atoms with Gasteiger partial charge in [-0.1, -0.05) is 34.6 Å². The molecule has 0 aromatic carbocycles. The molecule has 11 aliphatic rings. The Hall–Kier alpha value is -1.57. The van der Waals surface area contributed by atoms with Crippen LogP contribution in [-0.4, -0.2) is 286 Å². The fourth-order valence-corrected chi connectivity index (χ4v) is 18.9. The first kappa shape index (κ1) is 65.9. The van der Waals surface area contributed by atoms with E-state index in [0.717, 1.165) is 25.7 Å². The van der Waals surface area contributed by atoms with E-state index in [1.165, 1.54) is 0 Å². The number of aliphatic hydroxyl groups is 15. The minimum absolute atomic E-state index is 0.0327. The van der Waals surface area contributed by atoms with Gasteiger partial charge in [0.25, 0.3) is 0 Å². The lowest BCUT2D eigenvalue weighted by atomic mass is 9.30. The molecule has 6 heterocycles. The summed E-state index contributed by atoms with van der Waals surface area (Å²) in [7, 11) is 0. The van der Waals surface area contributed by atoms with Crippen LogP contribution in [0.25, 0.3) is 0 Å². The van der Waals surface area contributed by atoms with Gasteiger partial charge < -0.3 is 134 Å². The maximum atomic E-state index is 12.8. The van der Waals surface area contributed by atoms with Crippen LogP contribution in [-0.2, 0) is 56.9 Å². The fourth-order valence-electron chi connectivity index (χ4n) is 18.9. The van der Waals surface area contributed by atoms with Crippen molar-refractivity contribution in [3.8, 4) is 0 Å². The molecule has 6 aliphatic heterocycles. The Morgan fingerprint density at radius 1 is 0.488 bits per heavy atom. The van der Waals surface area contributed by atoms with Gasteiger partial charge in [0.2, 0.25) is 0 Å². The van der Waals surface area contributed by atoms with Crippen molar-refractivity contribution in [2.75, 3.05) is 39.6 Å². The Morgan fingerprint density at radius 2 is 1.05 bits per heavy atom. The smallest absolute Gasteiger partial charge is 0.309 e. The molecule has 86 heavy (non-hydrogen) atoms. The number of carbonyl (C=O) groups is 1. The molecule has 34 atom stereocenters. The van der Waals surface area contributed by atoms with Crippen LogP contribution < -0.4 is 0 Å². The highest BCUT2D eigenvalue weighted by molar-refractivity contribution is 5.74. The Kier molecular flexibility index (Phi) is 18.2. The van der Waals surface area contributed by atoms with Gasteiger partial charge in [-0.25, -0.2) is 0 Å². The number of carboxylic acid groups (broad SMARTS) is 1. The van der Waals surface area contributed by atoms with Crippen LogP contribution in [0.5, 0.6) is 0 Å². The van der Waals surface area contributed by atoms with Crippen molar-refractivity contribution in [1.29, 1.82) is 0 Å². The summed E-state index contributed by atoms with van der Waals surface area (Å²) in [5, 5.41) is 175. The topological polar surface area (TPSA) is 442 Å². The maximum Gasteiger partial charge on any atom is 0.309 e. The number of hydrogen-bond acceptors (Lipinski definition) is 27. The number of aliphatic hydroxyl groups excluding tert-OH is 15. The molecular formula is C58H94O28. The van der Waals surface area contributed by atoms with Crippen LogP contribution in [0.1, 0.15) is 106 Å². The monoisotopic (exact) mass is 1240 g/mol. The molecule has 0 aromatic heterocycles. The normalized spacial score (nSPS) is 57.1. The summed E-state index contributed by atoms with van der Waals surface area (Å²) in [6, 6.07) is 0. The Bertz CT molecular complexity index is 2390. The number of fused-ring (bicyclic) bond motifs is 4. The fraction of sp³-hybridized carbons (Fsp3) is 0.983. The average Bonchev–Trinajstić information content (AvgIpc) is 1.29. The van der Waals surface area contributed by atoms with Crippen LogP contribution in [0, 0.1) is 50.2 Å². The van der Waals surface area contributed by atoms with Crippen molar-refractivity contribution in [3.63, 3.8) is 0 Å². The van der Waals surface area contributed by atoms with Gasteiger partial charge in [-0.2, -0.15) is 0 Å². The molecule has 494 valence electrons. The van der Waals surface area contributed by atoms with Crippen LogP contribution >= 0.6 is 0 Å². The third-order valence-electron chi connectivity index (χ3n) is 24.3. The minimum atomic E-state index is -2.04. The van der Waals surface area contributed by atoms with Gasteiger partial charge in [0.15, 0.2) is 31.5 Å². The molecule has 11 fully saturated rings. The first-order valence-corrected chi connectivity index (χ1v) is 30.8. The van der Waals surface area contributed by atoms with E-state index in [-0.39, 0.29) is 28.6 Å². The molecule has 0 radical (unpaired) electrons. The van der Waals surface area contributed by atoms with E-state index >= 15 is 0 Å². The molecule has 28 nitrogen and oxygen atoms in total. The van der Waals surface area contributed by atoms with E-state index in [2.05, 4.69) is 34.6 Å². The number of hydrogen-bond donors (Lipinski definition) is 16. The molecule has 0 unspecified atom stereocenters.